The summed E-state index contributed by atoms with van der Waals surface area (Å²) in [5.74, 6) is 0.208. The van der Waals surface area contributed by atoms with Crippen LogP contribution in [0.4, 0.5) is 5.82 Å². The fourth-order valence-electron chi connectivity index (χ4n) is 2.80. The zero-order valence-corrected chi connectivity index (χ0v) is 14.6. The Morgan fingerprint density at radius 1 is 1.24 bits per heavy atom. The van der Waals surface area contributed by atoms with Crippen LogP contribution in [0.3, 0.4) is 0 Å². The van der Waals surface area contributed by atoms with Crippen molar-refractivity contribution >= 4 is 23.5 Å². The van der Waals surface area contributed by atoms with E-state index in [1.54, 1.807) is 0 Å². The van der Waals surface area contributed by atoms with Gasteiger partial charge in [-0.25, -0.2) is 9.97 Å². The molecule has 1 atom stereocenters. The molecule has 1 aliphatic heterocycles. The Hall–Kier alpha value is -2.59. The first kappa shape index (κ1) is 17.2. The van der Waals surface area contributed by atoms with Gasteiger partial charge < -0.3 is 10.6 Å². The molecule has 25 heavy (non-hydrogen) atoms. The summed E-state index contributed by atoms with van der Waals surface area (Å²) >= 11 is 1.27. The summed E-state index contributed by atoms with van der Waals surface area (Å²) in [6.45, 7) is 1.58. The van der Waals surface area contributed by atoms with Gasteiger partial charge in [0.05, 0.1) is 6.20 Å². The Bertz CT molecular complexity index is 784. The Labute approximate surface area is 151 Å². The molecule has 0 spiro atoms. The molecule has 1 aromatic heterocycles. The molecule has 0 aliphatic carbocycles. The standard InChI is InChI=1S/C18H19N5OS/c19-11-14-12-21-18(22-16(14)20)25-15(13-7-3-1-4-8-13)17(24)23-9-5-2-6-10-23/h1,3-4,7-8,12,15H,2,5-6,9-10H2,(H2,20,21,22)/t15-/m1/s1. The number of nitrogen functional groups attached to an aromatic ring is 1. The number of rotatable bonds is 4. The molecule has 1 aromatic carbocycles. The monoisotopic (exact) mass is 353 g/mol. The lowest BCUT2D eigenvalue weighted by molar-refractivity contribution is -0.131. The maximum atomic E-state index is 13.1. The predicted molar refractivity (Wildman–Crippen MR) is 96.6 cm³/mol. The molecule has 0 radical (unpaired) electrons. The highest BCUT2D eigenvalue weighted by Crippen LogP contribution is 2.36. The van der Waals surface area contributed by atoms with Gasteiger partial charge in [0.25, 0.3) is 0 Å². The fourth-order valence-corrected chi connectivity index (χ4v) is 3.81. The number of carbonyl (C=O) groups excluding carboxylic acids is 1. The largest absolute Gasteiger partial charge is 0.382 e. The second-order valence-corrected chi connectivity index (χ2v) is 6.93. The van der Waals surface area contributed by atoms with E-state index in [9.17, 15) is 4.79 Å². The summed E-state index contributed by atoms with van der Waals surface area (Å²) in [5.41, 5.74) is 6.93. The highest BCUT2D eigenvalue weighted by atomic mass is 32.2. The normalized spacial score (nSPS) is 15.4. The van der Waals surface area contributed by atoms with Crippen LogP contribution in [0.25, 0.3) is 0 Å². The molecule has 0 bridgehead atoms. The highest BCUT2D eigenvalue weighted by Gasteiger charge is 2.29. The van der Waals surface area contributed by atoms with E-state index in [0.29, 0.717) is 5.16 Å². The number of aromatic nitrogens is 2. The molecule has 2 aromatic rings. The third-order valence-corrected chi connectivity index (χ3v) is 5.25. The molecule has 7 heteroatoms. The van der Waals surface area contributed by atoms with Gasteiger partial charge in [-0.3, -0.25) is 4.79 Å². The van der Waals surface area contributed by atoms with E-state index < -0.39 is 5.25 Å². The number of benzene rings is 1. The van der Waals surface area contributed by atoms with Crippen LogP contribution in [0.15, 0.2) is 41.7 Å². The van der Waals surface area contributed by atoms with Crippen molar-refractivity contribution in [3.63, 3.8) is 0 Å². The van der Waals surface area contributed by atoms with Gasteiger partial charge in [0.15, 0.2) is 5.16 Å². The first-order chi connectivity index (χ1) is 12.2. The van der Waals surface area contributed by atoms with E-state index in [0.717, 1.165) is 31.5 Å². The van der Waals surface area contributed by atoms with E-state index in [4.69, 9.17) is 11.0 Å². The molecule has 6 nitrogen and oxygen atoms in total. The maximum Gasteiger partial charge on any atom is 0.240 e. The smallest absolute Gasteiger partial charge is 0.240 e. The molecule has 128 valence electrons. The Kier molecular flexibility index (Phi) is 5.51. The number of nitriles is 1. The number of piperidine rings is 1. The Balaban J connectivity index is 1.87. The zero-order chi connectivity index (χ0) is 17.6. The van der Waals surface area contributed by atoms with Crippen LogP contribution in [0.1, 0.15) is 35.6 Å². The number of nitrogens with two attached hydrogens (primary N) is 1. The maximum absolute atomic E-state index is 13.1. The van der Waals surface area contributed by atoms with E-state index >= 15 is 0 Å². The number of hydrogen-bond acceptors (Lipinski definition) is 6. The van der Waals surface area contributed by atoms with Crippen molar-refractivity contribution in [2.75, 3.05) is 18.8 Å². The van der Waals surface area contributed by atoms with Crippen LogP contribution in [0.5, 0.6) is 0 Å². The molecule has 2 N–H and O–H groups in total. The SMILES string of the molecule is N#Cc1cnc(S[C@@H](C(=O)N2CCCCC2)c2ccccc2)nc1N. The number of carbonyl (C=O) groups is 1. The van der Waals surface area contributed by atoms with Crippen molar-refractivity contribution in [1.29, 1.82) is 5.26 Å². The van der Waals surface area contributed by atoms with E-state index in [1.165, 1.54) is 24.4 Å². The van der Waals surface area contributed by atoms with Crippen LogP contribution >= 0.6 is 11.8 Å². The van der Waals surface area contributed by atoms with E-state index in [1.807, 2.05) is 41.3 Å². The quantitative estimate of drug-likeness (QED) is 0.671. The molecule has 1 saturated heterocycles. The van der Waals surface area contributed by atoms with E-state index in [-0.39, 0.29) is 17.3 Å². The van der Waals surface area contributed by atoms with Crippen LogP contribution in [-0.2, 0) is 4.79 Å². The minimum Gasteiger partial charge on any atom is -0.382 e. The minimum absolute atomic E-state index is 0.0717. The first-order valence-corrected chi connectivity index (χ1v) is 9.10. The zero-order valence-electron chi connectivity index (χ0n) is 13.8. The van der Waals surface area contributed by atoms with Crippen LogP contribution < -0.4 is 5.73 Å². The van der Waals surface area contributed by atoms with Crippen molar-refractivity contribution in [1.82, 2.24) is 14.9 Å². The molecule has 1 fully saturated rings. The number of thioether (sulfide) groups is 1. The van der Waals surface area contributed by atoms with Crippen LogP contribution in [-0.4, -0.2) is 33.9 Å². The summed E-state index contributed by atoms with van der Waals surface area (Å²) < 4.78 is 0. The molecular weight excluding hydrogens is 334 g/mol. The number of amides is 1. The summed E-state index contributed by atoms with van der Waals surface area (Å²) in [6.07, 6.45) is 4.65. The van der Waals surface area contributed by atoms with Gasteiger partial charge in [0.2, 0.25) is 5.91 Å². The summed E-state index contributed by atoms with van der Waals surface area (Å²) in [5, 5.41) is 8.92. The first-order valence-electron chi connectivity index (χ1n) is 8.22. The van der Waals surface area contributed by atoms with Gasteiger partial charge >= 0.3 is 0 Å². The highest BCUT2D eigenvalue weighted by molar-refractivity contribution is 8.00. The van der Waals surface area contributed by atoms with Gasteiger partial charge in [-0.15, -0.1) is 0 Å². The lowest BCUT2D eigenvalue weighted by atomic mass is 10.1. The molecule has 1 aliphatic rings. The fraction of sp³-hybridized carbons (Fsp3) is 0.333. The summed E-state index contributed by atoms with van der Waals surface area (Å²) in [7, 11) is 0. The van der Waals surface area contributed by atoms with Crippen molar-refractivity contribution in [2.45, 2.75) is 29.7 Å². The summed E-state index contributed by atoms with van der Waals surface area (Å²) in [6, 6.07) is 11.6. The number of nitrogens with zero attached hydrogens (tertiary/aromatic N) is 4. The Morgan fingerprint density at radius 3 is 2.60 bits per heavy atom. The number of hydrogen-bond donors (Lipinski definition) is 1. The third kappa shape index (κ3) is 4.09. The van der Waals surface area contributed by atoms with Gasteiger partial charge in [0, 0.05) is 13.1 Å². The number of anilines is 1. The Morgan fingerprint density at radius 2 is 1.96 bits per heavy atom. The number of likely N-dealkylation sites (tertiary alicyclic amines) is 1. The van der Waals surface area contributed by atoms with E-state index in [2.05, 4.69) is 9.97 Å². The van der Waals surface area contributed by atoms with Gasteiger partial charge in [0.1, 0.15) is 22.7 Å². The molecule has 2 heterocycles. The molecular formula is C18H19N5OS. The van der Waals surface area contributed by atoms with Crippen molar-refractivity contribution in [3.05, 3.63) is 47.7 Å². The summed E-state index contributed by atoms with van der Waals surface area (Å²) in [4.78, 5) is 23.3. The average molecular weight is 353 g/mol. The van der Waals surface area contributed by atoms with Gasteiger partial charge in [-0.05, 0) is 24.8 Å². The molecule has 0 unspecified atom stereocenters. The van der Waals surface area contributed by atoms with Crippen molar-refractivity contribution in [3.8, 4) is 6.07 Å². The lowest BCUT2D eigenvalue weighted by Gasteiger charge is -2.30. The molecule has 0 saturated carbocycles. The second kappa shape index (κ2) is 7.99. The van der Waals surface area contributed by atoms with Gasteiger partial charge in [-0.1, -0.05) is 42.1 Å². The van der Waals surface area contributed by atoms with Crippen LogP contribution in [0.2, 0.25) is 0 Å². The average Bonchev–Trinajstić information content (AvgIpc) is 2.67. The third-order valence-electron chi connectivity index (χ3n) is 4.13. The molecule has 3 rings (SSSR count). The second-order valence-electron chi connectivity index (χ2n) is 5.86. The lowest BCUT2D eigenvalue weighted by Crippen LogP contribution is -2.38. The van der Waals surface area contributed by atoms with Crippen molar-refractivity contribution < 1.29 is 4.79 Å². The topological polar surface area (TPSA) is 95.9 Å². The van der Waals surface area contributed by atoms with Crippen LogP contribution in [0, 0.1) is 11.3 Å². The van der Waals surface area contributed by atoms with Gasteiger partial charge in [-0.2, -0.15) is 5.26 Å². The minimum atomic E-state index is -0.424. The molecule has 1 amide bonds. The predicted octanol–water partition coefficient (Wildman–Crippen LogP) is 2.78. The van der Waals surface area contributed by atoms with Crippen molar-refractivity contribution in [2.24, 2.45) is 0 Å².